The lowest BCUT2D eigenvalue weighted by Gasteiger charge is -2.14. The third-order valence-electron chi connectivity index (χ3n) is 3.26. The second-order valence-electron chi connectivity index (χ2n) is 5.65. The molecule has 0 saturated heterocycles. The van der Waals surface area contributed by atoms with Gasteiger partial charge in [0.05, 0.1) is 0 Å². The Kier molecular flexibility index (Phi) is 5.27. The summed E-state index contributed by atoms with van der Waals surface area (Å²) in [5.41, 5.74) is 3.31. The van der Waals surface area contributed by atoms with Gasteiger partial charge in [0.1, 0.15) is 11.5 Å². The summed E-state index contributed by atoms with van der Waals surface area (Å²) in [6.45, 7) is 9.14. The second-order valence-corrected chi connectivity index (χ2v) is 6.09. The Balaban J connectivity index is 2.18. The van der Waals surface area contributed by atoms with Crippen LogP contribution >= 0.6 is 11.6 Å². The van der Waals surface area contributed by atoms with E-state index in [4.69, 9.17) is 16.3 Å². The van der Waals surface area contributed by atoms with Gasteiger partial charge in [0, 0.05) is 17.6 Å². The molecule has 0 unspecified atom stereocenters. The van der Waals surface area contributed by atoms with Gasteiger partial charge in [0.25, 0.3) is 0 Å². The lowest BCUT2D eigenvalue weighted by atomic mass is 10.1. The first-order chi connectivity index (χ1) is 9.95. The minimum absolute atomic E-state index is 0.468. The van der Waals surface area contributed by atoms with E-state index in [0.29, 0.717) is 6.04 Å². The topological polar surface area (TPSA) is 21.3 Å². The molecule has 21 heavy (non-hydrogen) atoms. The summed E-state index contributed by atoms with van der Waals surface area (Å²) in [6, 6.07) is 12.5. The van der Waals surface area contributed by atoms with Gasteiger partial charge in [-0.3, -0.25) is 0 Å². The molecule has 2 aromatic rings. The number of halogens is 1. The maximum absolute atomic E-state index is 6.06. The first-order valence-electron chi connectivity index (χ1n) is 7.22. The zero-order valence-electron chi connectivity index (χ0n) is 13.0. The van der Waals surface area contributed by atoms with Crippen LogP contribution in [0.2, 0.25) is 5.02 Å². The van der Waals surface area contributed by atoms with Crippen molar-refractivity contribution in [3.8, 4) is 11.5 Å². The molecule has 0 radical (unpaired) electrons. The molecule has 0 saturated carbocycles. The second kappa shape index (κ2) is 6.97. The maximum atomic E-state index is 6.06. The van der Waals surface area contributed by atoms with E-state index in [1.54, 1.807) is 0 Å². The molecule has 2 aromatic carbocycles. The molecule has 0 aromatic heterocycles. The Bertz CT molecular complexity index is 599. The van der Waals surface area contributed by atoms with Crippen molar-refractivity contribution in [2.24, 2.45) is 0 Å². The van der Waals surface area contributed by atoms with Gasteiger partial charge in [-0.2, -0.15) is 0 Å². The molecule has 0 atom stereocenters. The Morgan fingerprint density at radius 1 is 1.10 bits per heavy atom. The van der Waals surface area contributed by atoms with Crippen molar-refractivity contribution in [3.63, 3.8) is 0 Å². The van der Waals surface area contributed by atoms with Gasteiger partial charge in [0.15, 0.2) is 0 Å². The molecule has 1 N–H and O–H groups in total. The number of aryl methyl sites for hydroxylation is 2. The molecule has 0 aliphatic heterocycles. The summed E-state index contributed by atoms with van der Waals surface area (Å²) >= 11 is 6.06. The fourth-order valence-corrected chi connectivity index (χ4v) is 2.54. The summed E-state index contributed by atoms with van der Waals surface area (Å²) in [6.07, 6.45) is 0. The third kappa shape index (κ3) is 4.48. The van der Waals surface area contributed by atoms with Crippen LogP contribution in [0.4, 0.5) is 0 Å². The van der Waals surface area contributed by atoms with Gasteiger partial charge in [-0.05, 0) is 54.8 Å². The van der Waals surface area contributed by atoms with Crippen molar-refractivity contribution in [1.29, 1.82) is 0 Å². The zero-order valence-corrected chi connectivity index (χ0v) is 13.8. The minimum atomic E-state index is 0.468. The Labute approximate surface area is 132 Å². The van der Waals surface area contributed by atoms with Gasteiger partial charge in [0.2, 0.25) is 0 Å². The highest BCUT2D eigenvalue weighted by molar-refractivity contribution is 6.30. The minimum Gasteiger partial charge on any atom is -0.457 e. The number of hydrogen-bond donors (Lipinski definition) is 1. The van der Waals surface area contributed by atoms with Crippen molar-refractivity contribution in [1.82, 2.24) is 5.32 Å². The third-order valence-corrected chi connectivity index (χ3v) is 3.48. The van der Waals surface area contributed by atoms with E-state index in [0.717, 1.165) is 34.2 Å². The molecule has 0 aliphatic carbocycles. The molecular weight excluding hydrogens is 282 g/mol. The summed E-state index contributed by atoms with van der Waals surface area (Å²) in [5, 5.41) is 4.15. The first kappa shape index (κ1) is 15.9. The van der Waals surface area contributed by atoms with E-state index in [9.17, 15) is 0 Å². The molecule has 0 amide bonds. The molecule has 2 rings (SSSR count). The lowest BCUT2D eigenvalue weighted by molar-refractivity contribution is 0.473. The monoisotopic (exact) mass is 303 g/mol. The number of hydrogen-bond acceptors (Lipinski definition) is 2. The molecule has 112 valence electrons. The van der Waals surface area contributed by atoms with Crippen molar-refractivity contribution < 1.29 is 4.74 Å². The highest BCUT2D eigenvalue weighted by Gasteiger charge is 2.07. The van der Waals surface area contributed by atoms with E-state index < -0.39 is 0 Å². The van der Waals surface area contributed by atoms with Crippen LogP contribution in [0.25, 0.3) is 0 Å². The summed E-state index contributed by atoms with van der Waals surface area (Å²) in [7, 11) is 0. The van der Waals surface area contributed by atoms with Crippen LogP contribution in [0.1, 0.15) is 30.5 Å². The van der Waals surface area contributed by atoms with E-state index in [2.05, 4.69) is 31.3 Å². The summed E-state index contributed by atoms with van der Waals surface area (Å²) < 4.78 is 6.06. The highest BCUT2D eigenvalue weighted by atomic mass is 35.5. The van der Waals surface area contributed by atoms with Crippen molar-refractivity contribution in [3.05, 3.63) is 58.1 Å². The SMILES string of the molecule is Cc1cc(Cl)cc(C)c1Oc1cccc(CNC(C)C)c1. The quantitative estimate of drug-likeness (QED) is 0.815. The van der Waals surface area contributed by atoms with Gasteiger partial charge in [-0.15, -0.1) is 0 Å². The van der Waals surface area contributed by atoms with Crippen LogP contribution in [-0.4, -0.2) is 6.04 Å². The van der Waals surface area contributed by atoms with Crippen molar-refractivity contribution in [2.45, 2.75) is 40.3 Å². The zero-order chi connectivity index (χ0) is 15.4. The average Bonchev–Trinajstić information content (AvgIpc) is 2.41. The Morgan fingerprint density at radius 2 is 1.76 bits per heavy atom. The van der Waals surface area contributed by atoms with Gasteiger partial charge in [-0.25, -0.2) is 0 Å². The molecular formula is C18H22ClNO. The summed E-state index contributed by atoms with van der Waals surface area (Å²) in [4.78, 5) is 0. The van der Waals surface area contributed by atoms with Crippen LogP contribution in [0.3, 0.4) is 0 Å². The van der Waals surface area contributed by atoms with E-state index in [1.165, 1.54) is 5.56 Å². The number of ether oxygens (including phenoxy) is 1. The standard InChI is InChI=1S/C18H22ClNO/c1-12(2)20-11-15-6-5-7-17(10-15)21-18-13(3)8-16(19)9-14(18)4/h5-10,12,20H,11H2,1-4H3. The molecule has 3 heteroatoms. The number of benzene rings is 2. The Morgan fingerprint density at radius 3 is 2.38 bits per heavy atom. The number of rotatable bonds is 5. The van der Waals surface area contributed by atoms with E-state index in [-0.39, 0.29) is 0 Å². The maximum Gasteiger partial charge on any atom is 0.133 e. The number of nitrogens with one attached hydrogen (secondary N) is 1. The van der Waals surface area contributed by atoms with E-state index in [1.807, 2.05) is 38.1 Å². The van der Waals surface area contributed by atoms with Crippen LogP contribution in [-0.2, 0) is 6.54 Å². The van der Waals surface area contributed by atoms with Gasteiger partial charge < -0.3 is 10.1 Å². The Hall–Kier alpha value is -1.51. The van der Waals surface area contributed by atoms with Gasteiger partial charge >= 0.3 is 0 Å². The first-order valence-corrected chi connectivity index (χ1v) is 7.60. The fourth-order valence-electron chi connectivity index (χ4n) is 2.22. The normalized spacial score (nSPS) is 11.0. The van der Waals surface area contributed by atoms with E-state index >= 15 is 0 Å². The predicted octanol–water partition coefficient (Wildman–Crippen LogP) is 5.25. The molecule has 2 nitrogen and oxygen atoms in total. The van der Waals surface area contributed by atoms with Crippen LogP contribution < -0.4 is 10.1 Å². The largest absolute Gasteiger partial charge is 0.457 e. The van der Waals surface area contributed by atoms with Crippen molar-refractivity contribution in [2.75, 3.05) is 0 Å². The van der Waals surface area contributed by atoms with Crippen LogP contribution in [0.15, 0.2) is 36.4 Å². The van der Waals surface area contributed by atoms with Gasteiger partial charge in [-0.1, -0.05) is 37.6 Å². The van der Waals surface area contributed by atoms with Crippen molar-refractivity contribution >= 4 is 11.6 Å². The smallest absolute Gasteiger partial charge is 0.133 e. The highest BCUT2D eigenvalue weighted by Crippen LogP contribution is 2.31. The molecule has 0 heterocycles. The van der Waals surface area contributed by atoms with Crippen LogP contribution in [0, 0.1) is 13.8 Å². The van der Waals surface area contributed by atoms with Crippen LogP contribution in [0.5, 0.6) is 11.5 Å². The summed E-state index contributed by atoms with van der Waals surface area (Å²) in [5.74, 6) is 1.74. The average molecular weight is 304 g/mol. The predicted molar refractivity (Wildman–Crippen MR) is 89.4 cm³/mol. The molecule has 0 fully saturated rings. The lowest BCUT2D eigenvalue weighted by Crippen LogP contribution is -2.21. The molecule has 0 aliphatic rings. The molecule has 0 bridgehead atoms. The molecule has 0 spiro atoms. The fraction of sp³-hybridized carbons (Fsp3) is 0.333.